The van der Waals surface area contributed by atoms with E-state index >= 15 is 0 Å². The Balaban J connectivity index is 2.14. The van der Waals surface area contributed by atoms with Crippen molar-refractivity contribution in [2.45, 2.75) is 6.54 Å². The second kappa shape index (κ2) is 5.55. The smallest absolute Gasteiger partial charge is 0.163 e. The summed E-state index contributed by atoms with van der Waals surface area (Å²) in [6.45, 7) is 0.153. The highest BCUT2D eigenvalue weighted by Gasteiger charge is 2.07. The molecule has 0 fully saturated rings. The van der Waals surface area contributed by atoms with E-state index < -0.39 is 11.6 Å². The van der Waals surface area contributed by atoms with Crippen LogP contribution in [0.15, 0.2) is 36.4 Å². The van der Waals surface area contributed by atoms with Crippen molar-refractivity contribution in [2.75, 3.05) is 5.32 Å². The molecule has 0 aliphatic rings. The van der Waals surface area contributed by atoms with Gasteiger partial charge < -0.3 is 5.32 Å². The Morgan fingerprint density at radius 2 is 1.67 bits per heavy atom. The molecule has 0 unspecified atom stereocenters. The molecule has 0 amide bonds. The van der Waals surface area contributed by atoms with Crippen molar-refractivity contribution in [1.82, 2.24) is 0 Å². The molecule has 0 bridgehead atoms. The fraction of sp³-hybridized carbons (Fsp3) is 0.0769. The maximum Gasteiger partial charge on any atom is 0.163 e. The van der Waals surface area contributed by atoms with Crippen LogP contribution in [0.1, 0.15) is 5.56 Å². The van der Waals surface area contributed by atoms with E-state index in [0.717, 1.165) is 6.07 Å². The third-order valence-electron chi connectivity index (χ3n) is 2.38. The third-order valence-corrected chi connectivity index (χ3v) is 2.81. The molecule has 0 saturated carbocycles. The van der Waals surface area contributed by atoms with Gasteiger partial charge in [0.1, 0.15) is 0 Å². The number of nitrogens with one attached hydrogen (secondary N) is 1. The summed E-state index contributed by atoms with van der Waals surface area (Å²) in [5.41, 5.74) is 0.891. The lowest BCUT2D eigenvalue weighted by atomic mass is 10.2. The van der Waals surface area contributed by atoms with Gasteiger partial charge in [0, 0.05) is 27.8 Å². The summed E-state index contributed by atoms with van der Waals surface area (Å²) in [6, 6.07) is 8.96. The minimum Gasteiger partial charge on any atom is -0.381 e. The highest BCUT2D eigenvalue weighted by atomic mass is 35.5. The van der Waals surface area contributed by atoms with Crippen LogP contribution < -0.4 is 5.32 Å². The van der Waals surface area contributed by atoms with E-state index in [4.69, 9.17) is 23.2 Å². The molecular weight excluding hydrogens is 279 g/mol. The topological polar surface area (TPSA) is 12.0 Å². The number of rotatable bonds is 3. The van der Waals surface area contributed by atoms with Crippen molar-refractivity contribution < 1.29 is 8.78 Å². The molecule has 1 nitrogen and oxygen atoms in total. The largest absolute Gasteiger partial charge is 0.381 e. The summed E-state index contributed by atoms with van der Waals surface area (Å²) in [7, 11) is 0. The molecular formula is C13H9Cl2F2N. The molecule has 5 heteroatoms. The fourth-order valence-electron chi connectivity index (χ4n) is 1.54. The molecule has 0 atom stereocenters. The predicted molar refractivity (Wildman–Crippen MR) is 70.1 cm³/mol. The molecule has 0 saturated heterocycles. The molecule has 0 aliphatic heterocycles. The van der Waals surface area contributed by atoms with Gasteiger partial charge in [-0.3, -0.25) is 0 Å². The molecule has 0 aliphatic carbocycles. The Kier molecular flexibility index (Phi) is 4.04. The van der Waals surface area contributed by atoms with Crippen LogP contribution in [0, 0.1) is 11.6 Å². The first-order chi connectivity index (χ1) is 8.56. The van der Waals surface area contributed by atoms with Gasteiger partial charge in [-0.05, 0) is 24.3 Å². The number of benzene rings is 2. The lowest BCUT2D eigenvalue weighted by Crippen LogP contribution is -2.03. The van der Waals surface area contributed by atoms with Gasteiger partial charge in [0.05, 0.1) is 0 Å². The van der Waals surface area contributed by atoms with Crippen molar-refractivity contribution >= 4 is 28.9 Å². The molecule has 94 valence electrons. The SMILES string of the molecule is Fc1cccc(CNc2cc(Cl)cc(Cl)c2)c1F. The number of halogens is 4. The lowest BCUT2D eigenvalue weighted by Gasteiger charge is -2.08. The first-order valence-electron chi connectivity index (χ1n) is 5.19. The maximum atomic E-state index is 13.4. The van der Waals surface area contributed by atoms with Gasteiger partial charge in [-0.1, -0.05) is 35.3 Å². The Hall–Kier alpha value is -1.32. The summed E-state index contributed by atoms with van der Waals surface area (Å²) in [6.07, 6.45) is 0. The van der Waals surface area contributed by atoms with E-state index in [1.54, 1.807) is 18.2 Å². The summed E-state index contributed by atoms with van der Waals surface area (Å²) in [4.78, 5) is 0. The average Bonchev–Trinajstić information content (AvgIpc) is 2.30. The van der Waals surface area contributed by atoms with E-state index in [-0.39, 0.29) is 12.1 Å². The van der Waals surface area contributed by atoms with Crippen LogP contribution in [-0.2, 0) is 6.54 Å². The fourth-order valence-corrected chi connectivity index (χ4v) is 2.06. The van der Waals surface area contributed by atoms with Gasteiger partial charge in [-0.2, -0.15) is 0 Å². The van der Waals surface area contributed by atoms with Crippen LogP contribution in [0.5, 0.6) is 0 Å². The Labute approximate surface area is 113 Å². The summed E-state index contributed by atoms with van der Waals surface area (Å²) >= 11 is 11.7. The second-order valence-electron chi connectivity index (χ2n) is 3.72. The van der Waals surface area contributed by atoms with Gasteiger partial charge >= 0.3 is 0 Å². The normalized spacial score (nSPS) is 10.4. The van der Waals surface area contributed by atoms with E-state index in [2.05, 4.69) is 5.32 Å². The van der Waals surface area contributed by atoms with Crippen LogP contribution in [0.2, 0.25) is 10.0 Å². The van der Waals surface area contributed by atoms with Crippen LogP contribution >= 0.6 is 23.2 Å². The Morgan fingerprint density at radius 3 is 2.33 bits per heavy atom. The molecule has 1 N–H and O–H groups in total. The van der Waals surface area contributed by atoms with Crippen molar-refractivity contribution in [2.24, 2.45) is 0 Å². The molecule has 2 rings (SSSR count). The molecule has 18 heavy (non-hydrogen) atoms. The minimum absolute atomic E-state index is 0.153. The Bertz CT molecular complexity index is 553. The molecule has 2 aromatic carbocycles. The van der Waals surface area contributed by atoms with E-state index in [9.17, 15) is 8.78 Å². The molecule has 0 radical (unpaired) electrons. The zero-order chi connectivity index (χ0) is 13.1. The van der Waals surface area contributed by atoms with E-state index in [1.165, 1.54) is 12.1 Å². The third kappa shape index (κ3) is 3.12. The van der Waals surface area contributed by atoms with Crippen LogP contribution in [0.3, 0.4) is 0 Å². The first kappa shape index (κ1) is 13.1. The number of hydrogen-bond acceptors (Lipinski definition) is 1. The van der Waals surface area contributed by atoms with Gasteiger partial charge in [0.25, 0.3) is 0 Å². The highest BCUT2D eigenvalue weighted by molar-refractivity contribution is 6.35. The standard InChI is InChI=1S/C13H9Cl2F2N/c14-9-4-10(15)6-11(5-9)18-7-8-2-1-3-12(16)13(8)17/h1-6,18H,7H2. The molecule has 0 aromatic heterocycles. The lowest BCUT2D eigenvalue weighted by molar-refractivity contribution is 0.500. The second-order valence-corrected chi connectivity index (χ2v) is 4.60. The predicted octanol–water partition coefficient (Wildman–Crippen LogP) is 4.88. The summed E-state index contributed by atoms with van der Waals surface area (Å²) in [5.74, 6) is -1.71. The minimum atomic E-state index is -0.863. The first-order valence-corrected chi connectivity index (χ1v) is 5.95. The quantitative estimate of drug-likeness (QED) is 0.848. The summed E-state index contributed by atoms with van der Waals surface area (Å²) < 4.78 is 26.4. The van der Waals surface area contributed by atoms with Crippen molar-refractivity contribution in [3.05, 3.63) is 63.6 Å². The van der Waals surface area contributed by atoms with E-state index in [1.807, 2.05) is 0 Å². The van der Waals surface area contributed by atoms with Crippen LogP contribution in [-0.4, -0.2) is 0 Å². The summed E-state index contributed by atoms with van der Waals surface area (Å²) in [5, 5.41) is 3.89. The molecule has 2 aromatic rings. The monoisotopic (exact) mass is 287 g/mol. The van der Waals surface area contributed by atoms with Crippen molar-refractivity contribution in [3.63, 3.8) is 0 Å². The zero-order valence-electron chi connectivity index (χ0n) is 9.18. The average molecular weight is 288 g/mol. The van der Waals surface area contributed by atoms with Gasteiger partial charge in [-0.25, -0.2) is 8.78 Å². The van der Waals surface area contributed by atoms with Gasteiger partial charge in [0.2, 0.25) is 0 Å². The number of anilines is 1. The number of hydrogen-bond donors (Lipinski definition) is 1. The van der Waals surface area contributed by atoms with Crippen molar-refractivity contribution in [1.29, 1.82) is 0 Å². The van der Waals surface area contributed by atoms with Crippen molar-refractivity contribution in [3.8, 4) is 0 Å². The van der Waals surface area contributed by atoms with Gasteiger partial charge in [-0.15, -0.1) is 0 Å². The molecule has 0 spiro atoms. The zero-order valence-corrected chi connectivity index (χ0v) is 10.7. The highest BCUT2D eigenvalue weighted by Crippen LogP contribution is 2.23. The van der Waals surface area contributed by atoms with Crippen LogP contribution in [0.25, 0.3) is 0 Å². The molecule has 0 heterocycles. The van der Waals surface area contributed by atoms with Gasteiger partial charge in [0.15, 0.2) is 11.6 Å². The van der Waals surface area contributed by atoms with Crippen LogP contribution in [0.4, 0.5) is 14.5 Å². The van der Waals surface area contributed by atoms with E-state index in [0.29, 0.717) is 15.7 Å². The maximum absolute atomic E-state index is 13.4. The Morgan fingerprint density at radius 1 is 1.00 bits per heavy atom.